The van der Waals surface area contributed by atoms with Gasteiger partial charge in [0.2, 0.25) is 0 Å². The van der Waals surface area contributed by atoms with Crippen LogP contribution in [0.3, 0.4) is 0 Å². The zero-order valence-electron chi connectivity index (χ0n) is 11.8. The number of benzene rings is 1. The fraction of sp³-hybridized carbons (Fsp3) is 0.625. The number of ether oxygens (including phenoxy) is 1. The minimum Gasteiger partial charge on any atom is -0.496 e. The van der Waals surface area contributed by atoms with E-state index in [1.807, 2.05) is 0 Å². The topological polar surface area (TPSA) is 9.23 Å². The van der Waals surface area contributed by atoms with Gasteiger partial charge in [-0.3, -0.25) is 0 Å². The van der Waals surface area contributed by atoms with Gasteiger partial charge in [0.05, 0.1) is 7.11 Å². The number of aryl methyl sites for hydroxylation is 1. The second-order valence-corrected chi connectivity index (χ2v) is 5.16. The van der Waals surface area contributed by atoms with Gasteiger partial charge in [0.1, 0.15) is 5.75 Å². The maximum atomic E-state index is 5.61. The Morgan fingerprint density at radius 1 is 1.12 bits per heavy atom. The minimum atomic E-state index is 0.676. The average Bonchev–Trinajstić information content (AvgIpc) is 2.29. The first-order chi connectivity index (χ1) is 8.19. The smallest absolute Gasteiger partial charge is 0.125 e. The number of hydrogen-bond acceptors (Lipinski definition) is 1. The molecule has 0 fully saturated rings. The summed E-state index contributed by atoms with van der Waals surface area (Å²) in [6, 6.07) is 6.57. The van der Waals surface area contributed by atoms with Crippen LogP contribution in [0, 0.1) is 5.92 Å². The predicted octanol–water partition coefficient (Wildman–Crippen LogP) is 4.63. The van der Waals surface area contributed by atoms with Crippen molar-refractivity contribution in [3.05, 3.63) is 29.3 Å². The fourth-order valence-electron chi connectivity index (χ4n) is 2.26. The molecule has 1 nitrogen and oxygen atoms in total. The van der Waals surface area contributed by atoms with E-state index in [4.69, 9.17) is 4.74 Å². The van der Waals surface area contributed by atoms with Crippen molar-refractivity contribution in [3.8, 4) is 5.75 Å². The molecule has 0 bridgehead atoms. The summed E-state index contributed by atoms with van der Waals surface area (Å²) in [5.74, 6) is 1.80. The molecule has 0 atom stereocenters. The van der Waals surface area contributed by atoms with Gasteiger partial charge in [-0.2, -0.15) is 0 Å². The summed E-state index contributed by atoms with van der Waals surface area (Å²) in [4.78, 5) is 0. The van der Waals surface area contributed by atoms with Crippen molar-refractivity contribution in [2.45, 2.75) is 52.9 Å². The molecule has 0 spiro atoms. The molecule has 0 aliphatic carbocycles. The Hall–Kier alpha value is -0.980. The first kappa shape index (κ1) is 14.1. The van der Waals surface area contributed by atoms with Crippen molar-refractivity contribution in [1.29, 1.82) is 0 Å². The predicted molar refractivity (Wildman–Crippen MR) is 74.8 cm³/mol. The lowest BCUT2D eigenvalue weighted by atomic mass is 9.97. The van der Waals surface area contributed by atoms with Crippen molar-refractivity contribution >= 4 is 0 Å². The molecule has 0 saturated carbocycles. The van der Waals surface area contributed by atoms with Crippen molar-refractivity contribution in [2.75, 3.05) is 7.11 Å². The third-order valence-electron chi connectivity index (χ3n) is 3.06. The molecule has 0 aliphatic rings. The number of methoxy groups -OCH3 is 1. The number of para-hydroxylation sites is 1. The Bertz CT molecular complexity index is 328. The maximum absolute atomic E-state index is 5.61. The first-order valence-corrected chi connectivity index (χ1v) is 6.83. The highest BCUT2D eigenvalue weighted by Crippen LogP contribution is 2.27. The molecule has 0 unspecified atom stereocenters. The summed E-state index contributed by atoms with van der Waals surface area (Å²) >= 11 is 0. The normalized spacial score (nSPS) is 10.9. The van der Waals surface area contributed by atoms with E-state index in [1.165, 1.54) is 30.4 Å². The summed E-state index contributed by atoms with van der Waals surface area (Å²) in [5.41, 5.74) is 2.73. The second kappa shape index (κ2) is 7.37. The van der Waals surface area contributed by atoms with E-state index < -0.39 is 0 Å². The Kier molecular flexibility index (Phi) is 6.10. The van der Waals surface area contributed by atoms with Crippen LogP contribution >= 0.6 is 0 Å². The summed E-state index contributed by atoms with van der Waals surface area (Å²) < 4.78 is 5.61. The second-order valence-electron chi connectivity index (χ2n) is 5.16. The zero-order chi connectivity index (χ0) is 12.7. The highest BCUT2D eigenvalue weighted by Gasteiger charge is 2.09. The van der Waals surface area contributed by atoms with E-state index in [0.717, 1.165) is 18.6 Å². The van der Waals surface area contributed by atoms with Crippen molar-refractivity contribution in [3.63, 3.8) is 0 Å². The van der Waals surface area contributed by atoms with Crippen molar-refractivity contribution in [2.24, 2.45) is 5.92 Å². The van der Waals surface area contributed by atoms with Crippen molar-refractivity contribution in [1.82, 2.24) is 0 Å². The molecule has 0 saturated heterocycles. The lowest BCUT2D eigenvalue weighted by Crippen LogP contribution is -2.01. The molecule has 1 aromatic rings. The molecule has 96 valence electrons. The molecular formula is C16H26O. The van der Waals surface area contributed by atoms with Gasteiger partial charge in [-0.1, -0.05) is 51.8 Å². The molecular weight excluding hydrogens is 208 g/mol. The molecule has 1 aromatic carbocycles. The standard InChI is InChI=1S/C16H26O/c1-5-6-7-9-14-10-8-11-15(12-13(2)3)16(14)17-4/h8,10-11,13H,5-7,9,12H2,1-4H3. The molecule has 0 amide bonds. The maximum Gasteiger partial charge on any atom is 0.125 e. The van der Waals surface area contributed by atoms with Crippen molar-refractivity contribution < 1.29 is 4.74 Å². The third-order valence-corrected chi connectivity index (χ3v) is 3.06. The molecule has 0 aromatic heterocycles. The van der Waals surface area contributed by atoms with Gasteiger partial charge in [-0.15, -0.1) is 0 Å². The summed E-state index contributed by atoms with van der Waals surface area (Å²) in [5, 5.41) is 0. The summed E-state index contributed by atoms with van der Waals surface area (Å²) in [6.07, 6.45) is 6.08. The van der Waals surface area contributed by atoms with E-state index in [-0.39, 0.29) is 0 Å². The number of rotatable bonds is 7. The number of unbranched alkanes of at least 4 members (excludes halogenated alkanes) is 2. The van der Waals surface area contributed by atoms with Crippen LogP contribution < -0.4 is 4.74 Å². The largest absolute Gasteiger partial charge is 0.496 e. The highest BCUT2D eigenvalue weighted by atomic mass is 16.5. The molecule has 1 heteroatoms. The molecule has 1 rings (SSSR count). The van der Waals surface area contributed by atoms with Gasteiger partial charge in [0.15, 0.2) is 0 Å². The molecule has 0 N–H and O–H groups in total. The van der Waals surface area contributed by atoms with E-state index >= 15 is 0 Å². The van der Waals surface area contributed by atoms with E-state index in [9.17, 15) is 0 Å². The van der Waals surface area contributed by atoms with Gasteiger partial charge in [-0.05, 0) is 36.3 Å². The van der Waals surface area contributed by atoms with Gasteiger partial charge < -0.3 is 4.74 Å². The third kappa shape index (κ3) is 4.41. The molecule has 0 heterocycles. The van der Waals surface area contributed by atoms with Crippen LogP contribution in [0.4, 0.5) is 0 Å². The average molecular weight is 234 g/mol. The Morgan fingerprint density at radius 2 is 1.82 bits per heavy atom. The Labute approximate surface area is 106 Å². The lowest BCUT2D eigenvalue weighted by Gasteiger charge is -2.15. The van der Waals surface area contributed by atoms with Crippen LogP contribution in [0.15, 0.2) is 18.2 Å². The van der Waals surface area contributed by atoms with Crippen LogP contribution in [-0.4, -0.2) is 7.11 Å². The van der Waals surface area contributed by atoms with Gasteiger partial charge in [0, 0.05) is 0 Å². The summed E-state index contributed by atoms with van der Waals surface area (Å²) in [6.45, 7) is 6.75. The monoisotopic (exact) mass is 234 g/mol. The first-order valence-electron chi connectivity index (χ1n) is 6.83. The van der Waals surface area contributed by atoms with Crippen LogP contribution in [0.2, 0.25) is 0 Å². The number of hydrogen-bond donors (Lipinski definition) is 0. The quantitative estimate of drug-likeness (QED) is 0.625. The molecule has 17 heavy (non-hydrogen) atoms. The lowest BCUT2D eigenvalue weighted by molar-refractivity contribution is 0.401. The van der Waals surface area contributed by atoms with Crippen LogP contribution in [0.5, 0.6) is 5.75 Å². The van der Waals surface area contributed by atoms with Crippen LogP contribution in [-0.2, 0) is 12.8 Å². The van der Waals surface area contributed by atoms with E-state index in [0.29, 0.717) is 5.92 Å². The van der Waals surface area contributed by atoms with E-state index in [2.05, 4.69) is 39.0 Å². The summed E-state index contributed by atoms with van der Waals surface area (Å²) in [7, 11) is 1.79. The zero-order valence-corrected chi connectivity index (χ0v) is 11.8. The molecule has 0 radical (unpaired) electrons. The van der Waals surface area contributed by atoms with Gasteiger partial charge in [-0.25, -0.2) is 0 Å². The SMILES string of the molecule is CCCCCc1cccc(CC(C)C)c1OC. The van der Waals surface area contributed by atoms with Crippen LogP contribution in [0.25, 0.3) is 0 Å². The van der Waals surface area contributed by atoms with E-state index in [1.54, 1.807) is 7.11 Å². The Morgan fingerprint density at radius 3 is 2.41 bits per heavy atom. The van der Waals surface area contributed by atoms with Gasteiger partial charge >= 0.3 is 0 Å². The molecule has 0 aliphatic heterocycles. The highest BCUT2D eigenvalue weighted by molar-refractivity contribution is 5.41. The Balaban J connectivity index is 2.81. The fourth-order valence-corrected chi connectivity index (χ4v) is 2.26. The van der Waals surface area contributed by atoms with Crippen LogP contribution in [0.1, 0.15) is 51.2 Å². The minimum absolute atomic E-state index is 0.676. The van der Waals surface area contributed by atoms with Gasteiger partial charge in [0.25, 0.3) is 0 Å².